The van der Waals surface area contributed by atoms with E-state index in [1.54, 1.807) is 12.4 Å². The van der Waals surface area contributed by atoms with Crippen molar-refractivity contribution >= 4 is 11.6 Å². The van der Waals surface area contributed by atoms with Gasteiger partial charge in [-0.15, -0.1) is 0 Å². The molecule has 110 valence electrons. The molecular weight excluding hydrogens is 264 g/mol. The number of carbonyl (C=O) groups is 1. The molecule has 1 atom stereocenters. The zero-order valence-electron chi connectivity index (χ0n) is 12.6. The molecule has 0 saturated heterocycles. The zero-order chi connectivity index (χ0) is 15.2. The van der Waals surface area contributed by atoms with Crippen molar-refractivity contribution in [3.05, 3.63) is 53.6 Å². The van der Waals surface area contributed by atoms with Crippen LogP contribution in [0.25, 0.3) is 0 Å². The third-order valence-corrected chi connectivity index (χ3v) is 3.13. The second-order valence-corrected chi connectivity index (χ2v) is 5.06. The van der Waals surface area contributed by atoms with Gasteiger partial charge in [-0.05, 0) is 31.5 Å². The Labute approximate surface area is 124 Å². The Kier molecular flexibility index (Phi) is 5.00. The van der Waals surface area contributed by atoms with E-state index in [9.17, 15) is 4.79 Å². The molecule has 0 aliphatic carbocycles. The summed E-state index contributed by atoms with van der Waals surface area (Å²) in [5.41, 5.74) is 3.74. The van der Waals surface area contributed by atoms with Gasteiger partial charge in [-0.25, -0.2) is 0 Å². The molecule has 0 radical (unpaired) electrons. The van der Waals surface area contributed by atoms with Crippen molar-refractivity contribution in [3.8, 4) is 0 Å². The van der Waals surface area contributed by atoms with Crippen LogP contribution in [0, 0.1) is 6.92 Å². The number of nitrogens with zero attached hydrogens (tertiary/aromatic N) is 2. The Hall–Kier alpha value is -2.27. The van der Waals surface area contributed by atoms with Gasteiger partial charge >= 0.3 is 0 Å². The number of hydrogen-bond acceptors (Lipinski definition) is 4. The minimum atomic E-state index is -0.0670. The van der Waals surface area contributed by atoms with Gasteiger partial charge in [0.2, 0.25) is 5.91 Å². The van der Waals surface area contributed by atoms with Crippen LogP contribution in [-0.2, 0) is 11.3 Å². The number of rotatable bonds is 5. The molecule has 5 nitrogen and oxygen atoms in total. The van der Waals surface area contributed by atoms with Crippen molar-refractivity contribution in [2.24, 2.45) is 0 Å². The van der Waals surface area contributed by atoms with E-state index in [1.807, 2.05) is 31.2 Å². The lowest BCUT2D eigenvalue weighted by Crippen LogP contribution is -2.19. The highest BCUT2D eigenvalue weighted by Gasteiger charge is 2.07. The predicted octanol–water partition coefficient (Wildman–Crippen LogP) is 2.59. The molecule has 2 rings (SSSR count). The molecular formula is C16H20N4O. The first-order chi connectivity index (χ1) is 10.0. The van der Waals surface area contributed by atoms with E-state index in [-0.39, 0.29) is 11.9 Å². The molecule has 5 heteroatoms. The molecule has 0 saturated carbocycles. The largest absolute Gasteiger partial charge is 0.326 e. The lowest BCUT2D eigenvalue weighted by Gasteiger charge is -2.15. The van der Waals surface area contributed by atoms with Crippen LogP contribution in [-0.4, -0.2) is 15.9 Å². The Balaban J connectivity index is 1.98. The van der Waals surface area contributed by atoms with E-state index in [0.29, 0.717) is 6.54 Å². The summed E-state index contributed by atoms with van der Waals surface area (Å²) in [6.45, 7) is 6.15. The fraction of sp³-hybridized carbons (Fsp3) is 0.312. The van der Waals surface area contributed by atoms with E-state index in [0.717, 1.165) is 22.6 Å². The standard InChI is InChI=1S/C16H20N4O/c1-11-8-19-16(9-17-11)10-18-12(2)14-5-4-6-15(7-14)20-13(3)21/h4-9,12,18H,10H2,1-3H3,(H,20,21). The first-order valence-electron chi connectivity index (χ1n) is 6.93. The maximum atomic E-state index is 11.1. The van der Waals surface area contributed by atoms with E-state index < -0.39 is 0 Å². The fourth-order valence-electron chi connectivity index (χ4n) is 1.98. The monoisotopic (exact) mass is 284 g/mol. The van der Waals surface area contributed by atoms with E-state index in [4.69, 9.17) is 0 Å². The molecule has 1 aromatic carbocycles. The number of amides is 1. The molecule has 2 N–H and O–H groups in total. The summed E-state index contributed by atoms with van der Waals surface area (Å²) in [5, 5.41) is 6.19. The van der Waals surface area contributed by atoms with Crippen molar-refractivity contribution in [2.75, 3.05) is 5.32 Å². The Morgan fingerprint density at radius 2 is 2.10 bits per heavy atom. The van der Waals surface area contributed by atoms with Crippen LogP contribution in [0.5, 0.6) is 0 Å². The molecule has 21 heavy (non-hydrogen) atoms. The Morgan fingerprint density at radius 3 is 2.76 bits per heavy atom. The van der Waals surface area contributed by atoms with Gasteiger partial charge in [0.15, 0.2) is 0 Å². The van der Waals surface area contributed by atoms with E-state index in [1.165, 1.54) is 6.92 Å². The third-order valence-electron chi connectivity index (χ3n) is 3.13. The number of aromatic nitrogens is 2. The molecule has 2 aromatic rings. The second-order valence-electron chi connectivity index (χ2n) is 5.06. The van der Waals surface area contributed by atoms with Crippen molar-refractivity contribution in [3.63, 3.8) is 0 Å². The number of benzene rings is 1. The van der Waals surface area contributed by atoms with Crippen molar-refractivity contribution in [1.29, 1.82) is 0 Å². The van der Waals surface area contributed by atoms with Crippen molar-refractivity contribution in [2.45, 2.75) is 33.4 Å². The highest BCUT2D eigenvalue weighted by atomic mass is 16.1. The van der Waals surface area contributed by atoms with E-state index >= 15 is 0 Å². The van der Waals surface area contributed by atoms with Gasteiger partial charge in [0.25, 0.3) is 0 Å². The van der Waals surface area contributed by atoms with Crippen LogP contribution in [0.2, 0.25) is 0 Å². The van der Waals surface area contributed by atoms with Crippen LogP contribution in [0.1, 0.15) is 36.8 Å². The highest BCUT2D eigenvalue weighted by Crippen LogP contribution is 2.17. The van der Waals surface area contributed by atoms with Crippen LogP contribution in [0.3, 0.4) is 0 Å². The molecule has 1 unspecified atom stereocenters. The minimum absolute atomic E-state index is 0.0670. The van der Waals surface area contributed by atoms with Gasteiger partial charge < -0.3 is 10.6 Å². The quantitative estimate of drug-likeness (QED) is 0.885. The minimum Gasteiger partial charge on any atom is -0.326 e. The Bertz CT molecular complexity index is 610. The summed E-state index contributed by atoms with van der Waals surface area (Å²) < 4.78 is 0. The normalized spacial score (nSPS) is 12.0. The van der Waals surface area contributed by atoms with Gasteiger partial charge in [0.05, 0.1) is 11.4 Å². The maximum Gasteiger partial charge on any atom is 0.221 e. The molecule has 0 fully saturated rings. The topological polar surface area (TPSA) is 66.9 Å². The van der Waals surface area contributed by atoms with Crippen LogP contribution >= 0.6 is 0 Å². The Morgan fingerprint density at radius 1 is 1.29 bits per heavy atom. The number of hydrogen-bond donors (Lipinski definition) is 2. The van der Waals surface area contributed by atoms with Crippen molar-refractivity contribution in [1.82, 2.24) is 15.3 Å². The summed E-state index contributed by atoms with van der Waals surface area (Å²) >= 11 is 0. The lowest BCUT2D eigenvalue weighted by atomic mass is 10.1. The van der Waals surface area contributed by atoms with Gasteiger partial charge in [-0.2, -0.15) is 0 Å². The SMILES string of the molecule is CC(=O)Nc1cccc(C(C)NCc2cnc(C)cn2)c1. The van der Waals surface area contributed by atoms with Crippen LogP contribution in [0.4, 0.5) is 5.69 Å². The summed E-state index contributed by atoms with van der Waals surface area (Å²) in [6.07, 6.45) is 3.54. The molecule has 0 aliphatic rings. The summed E-state index contributed by atoms with van der Waals surface area (Å²) in [4.78, 5) is 19.6. The number of aryl methyl sites for hydroxylation is 1. The van der Waals surface area contributed by atoms with Gasteiger partial charge in [-0.1, -0.05) is 12.1 Å². The van der Waals surface area contributed by atoms with Crippen molar-refractivity contribution < 1.29 is 4.79 Å². The number of nitrogens with one attached hydrogen (secondary N) is 2. The molecule has 1 amide bonds. The van der Waals surface area contributed by atoms with Gasteiger partial charge in [0, 0.05) is 37.6 Å². The average Bonchev–Trinajstić information content (AvgIpc) is 2.46. The fourth-order valence-corrected chi connectivity index (χ4v) is 1.98. The third kappa shape index (κ3) is 4.65. The molecule has 0 spiro atoms. The van der Waals surface area contributed by atoms with Crippen LogP contribution < -0.4 is 10.6 Å². The maximum absolute atomic E-state index is 11.1. The summed E-state index contributed by atoms with van der Waals surface area (Å²) in [7, 11) is 0. The number of anilines is 1. The molecule has 0 aliphatic heterocycles. The first-order valence-corrected chi connectivity index (χ1v) is 6.93. The first kappa shape index (κ1) is 15.1. The van der Waals surface area contributed by atoms with E-state index in [2.05, 4.69) is 27.5 Å². The summed E-state index contributed by atoms with van der Waals surface area (Å²) in [5.74, 6) is -0.0670. The molecule has 1 heterocycles. The molecule has 0 bridgehead atoms. The lowest BCUT2D eigenvalue weighted by molar-refractivity contribution is -0.114. The predicted molar refractivity (Wildman–Crippen MR) is 82.8 cm³/mol. The second kappa shape index (κ2) is 6.95. The highest BCUT2D eigenvalue weighted by molar-refractivity contribution is 5.88. The van der Waals surface area contributed by atoms with Gasteiger partial charge in [-0.3, -0.25) is 14.8 Å². The molecule has 1 aromatic heterocycles. The number of carbonyl (C=O) groups excluding carboxylic acids is 1. The van der Waals surface area contributed by atoms with Crippen LogP contribution in [0.15, 0.2) is 36.7 Å². The van der Waals surface area contributed by atoms with Gasteiger partial charge in [0.1, 0.15) is 0 Å². The smallest absolute Gasteiger partial charge is 0.221 e. The summed E-state index contributed by atoms with van der Waals surface area (Å²) in [6, 6.07) is 7.97. The average molecular weight is 284 g/mol. The zero-order valence-corrected chi connectivity index (χ0v) is 12.6.